The third kappa shape index (κ3) is 3.96. The van der Waals surface area contributed by atoms with E-state index in [0.717, 1.165) is 19.5 Å². The van der Waals surface area contributed by atoms with E-state index in [1.54, 1.807) is 0 Å². The van der Waals surface area contributed by atoms with Gasteiger partial charge in [0.25, 0.3) is 0 Å². The van der Waals surface area contributed by atoms with Gasteiger partial charge in [-0.2, -0.15) is 0 Å². The molecule has 0 unspecified atom stereocenters. The summed E-state index contributed by atoms with van der Waals surface area (Å²) in [5, 5.41) is 0. The summed E-state index contributed by atoms with van der Waals surface area (Å²) in [4.78, 5) is 2.44. The van der Waals surface area contributed by atoms with Crippen LogP contribution in [0.2, 0.25) is 0 Å². The van der Waals surface area contributed by atoms with Gasteiger partial charge in [0.1, 0.15) is 0 Å². The molecule has 0 aromatic heterocycles. The Labute approximate surface area is 94.5 Å². The molecule has 0 amide bonds. The summed E-state index contributed by atoms with van der Waals surface area (Å²) in [5.41, 5.74) is 6.48. The van der Waals surface area contributed by atoms with Crippen molar-refractivity contribution in [3.63, 3.8) is 0 Å². The molecule has 1 aliphatic rings. The van der Waals surface area contributed by atoms with Crippen LogP contribution in [-0.4, -0.2) is 29.6 Å². The summed E-state index contributed by atoms with van der Waals surface area (Å²) >= 11 is 0. The molecule has 2 N–H and O–H groups in total. The summed E-state index contributed by atoms with van der Waals surface area (Å²) in [6.45, 7) is 10.4. The van der Waals surface area contributed by atoms with Crippen LogP contribution in [0.1, 0.15) is 46.0 Å². The molecule has 0 aliphatic heterocycles. The Morgan fingerprint density at radius 1 is 1.40 bits per heavy atom. The Kier molecular flexibility index (Phi) is 4.81. The number of hydrogen-bond acceptors (Lipinski definition) is 2. The number of rotatable bonds is 6. The van der Waals surface area contributed by atoms with Crippen molar-refractivity contribution in [2.75, 3.05) is 13.1 Å². The minimum absolute atomic E-state index is 0.133. The van der Waals surface area contributed by atoms with Gasteiger partial charge in [0.05, 0.1) is 0 Å². The molecule has 1 rings (SSSR count). The highest BCUT2D eigenvalue weighted by molar-refractivity contribution is 4.90. The zero-order chi connectivity index (χ0) is 11.3. The van der Waals surface area contributed by atoms with E-state index in [0.29, 0.717) is 6.04 Å². The lowest BCUT2D eigenvalue weighted by Gasteiger charge is -2.30. The lowest BCUT2D eigenvalue weighted by atomic mass is 9.94. The van der Waals surface area contributed by atoms with E-state index in [1.165, 1.54) is 25.7 Å². The van der Waals surface area contributed by atoms with Crippen molar-refractivity contribution < 1.29 is 0 Å². The van der Waals surface area contributed by atoms with Gasteiger partial charge in [-0.1, -0.05) is 18.9 Å². The summed E-state index contributed by atoms with van der Waals surface area (Å²) in [6, 6.07) is 0.591. The van der Waals surface area contributed by atoms with E-state index in [4.69, 9.17) is 5.73 Å². The van der Waals surface area contributed by atoms with Crippen molar-refractivity contribution in [3.8, 4) is 0 Å². The van der Waals surface area contributed by atoms with Crippen LogP contribution in [-0.2, 0) is 0 Å². The van der Waals surface area contributed by atoms with Crippen molar-refractivity contribution >= 4 is 0 Å². The molecule has 0 heterocycles. The molecular formula is C13H26N2. The van der Waals surface area contributed by atoms with Crippen LogP contribution in [0, 0.1) is 0 Å². The van der Waals surface area contributed by atoms with E-state index in [-0.39, 0.29) is 5.54 Å². The summed E-state index contributed by atoms with van der Waals surface area (Å²) in [6.07, 6.45) is 8.19. The van der Waals surface area contributed by atoms with E-state index in [9.17, 15) is 0 Å². The SMILES string of the molecule is C=CCN(CCC1(N)CCCC1)C(C)C. The van der Waals surface area contributed by atoms with Crippen molar-refractivity contribution in [1.82, 2.24) is 4.90 Å². The second-order valence-electron chi connectivity index (χ2n) is 5.20. The van der Waals surface area contributed by atoms with E-state index < -0.39 is 0 Å². The van der Waals surface area contributed by atoms with Gasteiger partial charge < -0.3 is 5.73 Å². The van der Waals surface area contributed by atoms with Crippen molar-refractivity contribution in [1.29, 1.82) is 0 Å². The van der Waals surface area contributed by atoms with Gasteiger partial charge in [-0.25, -0.2) is 0 Å². The van der Waals surface area contributed by atoms with Crippen LogP contribution in [0.3, 0.4) is 0 Å². The first-order valence-electron chi connectivity index (χ1n) is 6.21. The van der Waals surface area contributed by atoms with Crippen LogP contribution in [0.5, 0.6) is 0 Å². The van der Waals surface area contributed by atoms with Crippen LogP contribution < -0.4 is 5.73 Å². The molecule has 2 nitrogen and oxygen atoms in total. The standard InChI is InChI=1S/C13H26N2/c1-4-10-15(12(2)3)11-9-13(14)7-5-6-8-13/h4,12H,1,5-11,14H2,2-3H3. The molecule has 0 radical (unpaired) electrons. The maximum Gasteiger partial charge on any atom is 0.0166 e. The Morgan fingerprint density at radius 2 is 2.00 bits per heavy atom. The van der Waals surface area contributed by atoms with Gasteiger partial charge in [0.15, 0.2) is 0 Å². The fourth-order valence-electron chi connectivity index (χ4n) is 2.42. The monoisotopic (exact) mass is 210 g/mol. The first kappa shape index (κ1) is 12.7. The topological polar surface area (TPSA) is 29.3 Å². The summed E-state index contributed by atoms with van der Waals surface area (Å²) in [7, 11) is 0. The number of nitrogens with zero attached hydrogens (tertiary/aromatic N) is 1. The maximum absolute atomic E-state index is 6.35. The van der Waals surface area contributed by atoms with Gasteiger partial charge >= 0.3 is 0 Å². The van der Waals surface area contributed by atoms with Crippen molar-refractivity contribution in [2.24, 2.45) is 5.73 Å². The molecule has 0 aromatic rings. The largest absolute Gasteiger partial charge is 0.325 e. The molecule has 0 bridgehead atoms. The third-order valence-electron chi connectivity index (χ3n) is 3.59. The molecule has 0 saturated heterocycles. The maximum atomic E-state index is 6.35. The van der Waals surface area contributed by atoms with E-state index in [2.05, 4.69) is 25.3 Å². The zero-order valence-electron chi connectivity index (χ0n) is 10.3. The average molecular weight is 210 g/mol. The predicted molar refractivity (Wildman–Crippen MR) is 66.9 cm³/mol. The Hall–Kier alpha value is -0.340. The van der Waals surface area contributed by atoms with Gasteiger partial charge in [-0.15, -0.1) is 6.58 Å². The minimum atomic E-state index is 0.133. The van der Waals surface area contributed by atoms with Gasteiger partial charge in [-0.3, -0.25) is 4.90 Å². The molecule has 0 spiro atoms. The summed E-state index contributed by atoms with van der Waals surface area (Å²) in [5.74, 6) is 0. The number of hydrogen-bond donors (Lipinski definition) is 1. The molecule has 2 heteroatoms. The second-order valence-corrected chi connectivity index (χ2v) is 5.20. The molecule has 88 valence electrons. The highest BCUT2D eigenvalue weighted by Crippen LogP contribution is 2.30. The molecule has 1 aliphatic carbocycles. The fraction of sp³-hybridized carbons (Fsp3) is 0.846. The van der Waals surface area contributed by atoms with Gasteiger partial charge in [-0.05, 0) is 33.1 Å². The molecule has 15 heavy (non-hydrogen) atoms. The highest BCUT2D eigenvalue weighted by atomic mass is 15.1. The van der Waals surface area contributed by atoms with Gasteiger partial charge in [0, 0.05) is 24.7 Å². The minimum Gasteiger partial charge on any atom is -0.325 e. The van der Waals surface area contributed by atoms with Crippen LogP contribution in [0.15, 0.2) is 12.7 Å². The second kappa shape index (κ2) is 5.66. The Morgan fingerprint density at radius 3 is 2.47 bits per heavy atom. The predicted octanol–water partition coefficient (Wildman–Crippen LogP) is 2.54. The van der Waals surface area contributed by atoms with Crippen LogP contribution >= 0.6 is 0 Å². The molecule has 0 atom stereocenters. The third-order valence-corrected chi connectivity index (χ3v) is 3.59. The normalized spacial score (nSPS) is 20.1. The molecule has 1 saturated carbocycles. The van der Waals surface area contributed by atoms with Crippen molar-refractivity contribution in [2.45, 2.75) is 57.5 Å². The first-order valence-corrected chi connectivity index (χ1v) is 6.21. The average Bonchev–Trinajstić information content (AvgIpc) is 2.60. The molecule has 1 fully saturated rings. The molecule has 0 aromatic carbocycles. The Bertz CT molecular complexity index is 193. The van der Waals surface area contributed by atoms with Crippen LogP contribution in [0.4, 0.5) is 0 Å². The lowest BCUT2D eigenvalue weighted by molar-refractivity contribution is 0.216. The van der Waals surface area contributed by atoms with E-state index in [1.807, 2.05) is 6.08 Å². The quantitative estimate of drug-likeness (QED) is 0.683. The smallest absolute Gasteiger partial charge is 0.0166 e. The Balaban J connectivity index is 2.35. The number of nitrogens with two attached hydrogens (primary N) is 1. The summed E-state index contributed by atoms with van der Waals surface area (Å²) < 4.78 is 0. The zero-order valence-corrected chi connectivity index (χ0v) is 10.3. The van der Waals surface area contributed by atoms with E-state index >= 15 is 0 Å². The highest BCUT2D eigenvalue weighted by Gasteiger charge is 2.29. The van der Waals surface area contributed by atoms with Crippen LogP contribution in [0.25, 0.3) is 0 Å². The van der Waals surface area contributed by atoms with Gasteiger partial charge in [0.2, 0.25) is 0 Å². The first-order chi connectivity index (χ1) is 7.07. The fourth-order valence-corrected chi connectivity index (χ4v) is 2.42. The lowest BCUT2D eigenvalue weighted by Crippen LogP contribution is -2.42. The molecular weight excluding hydrogens is 184 g/mol. The van der Waals surface area contributed by atoms with Crippen molar-refractivity contribution in [3.05, 3.63) is 12.7 Å².